The van der Waals surface area contributed by atoms with E-state index < -0.39 is 0 Å². The lowest BCUT2D eigenvalue weighted by Gasteiger charge is -2.22. The molecule has 59 heavy (non-hydrogen) atoms. The van der Waals surface area contributed by atoms with Crippen LogP contribution in [0.2, 0.25) is 0 Å². The average Bonchev–Trinajstić information content (AvgIpc) is 3.69. The Morgan fingerprint density at radius 2 is 1.20 bits per heavy atom. The first-order valence-electron chi connectivity index (χ1n) is 19.7. The van der Waals surface area contributed by atoms with E-state index in [0.717, 1.165) is 106 Å². The third-order valence-corrected chi connectivity index (χ3v) is 11.5. The number of hydrogen-bond donors (Lipinski definition) is 1. The molecule has 1 N–H and O–H groups in total. The van der Waals surface area contributed by atoms with E-state index in [1.165, 1.54) is 0 Å². The van der Waals surface area contributed by atoms with Gasteiger partial charge in [-0.3, -0.25) is 19.9 Å². The SMILES string of the molecule is C1=CN=C2c3ncc(-c4cccc(-c5nc(-c6cccc(-c7cnc8c(ccc9cccnc98)c7)c6)nc(-c6ccc7[nH]c8ccccc8c7c6)n5)c4)cc3C=CC2C1. The summed E-state index contributed by atoms with van der Waals surface area (Å²) in [4.78, 5) is 38.2. The summed E-state index contributed by atoms with van der Waals surface area (Å²) in [6.45, 7) is 0. The maximum atomic E-state index is 5.17. The standard InChI is InChI=1S/C51H32N8/c1-2-14-43-41(13-1)42-27-38(19-20-44(42)56-43)51-58-49(36-9-3-7-32(23-36)39-25-34-17-15-30-11-5-21-52-45(30)47(34)54-28-39)57-50(59-51)37-10-4-8-33(24-37)40-26-35-18-16-31-12-6-22-53-46(31)48(35)55-29-40/h1-11,13-29,31,56H,12H2. The average molecular weight is 757 g/mol. The van der Waals surface area contributed by atoms with Crippen molar-refractivity contribution in [1.82, 2.24) is 34.9 Å². The van der Waals surface area contributed by atoms with Gasteiger partial charge in [0.1, 0.15) is 0 Å². The van der Waals surface area contributed by atoms with Crippen LogP contribution in [0.1, 0.15) is 17.7 Å². The molecule has 1 unspecified atom stereocenters. The summed E-state index contributed by atoms with van der Waals surface area (Å²) in [5.74, 6) is 2.04. The number of para-hydroxylation sites is 1. The predicted octanol–water partition coefficient (Wildman–Crippen LogP) is 11.7. The fourth-order valence-corrected chi connectivity index (χ4v) is 8.48. The lowest BCUT2D eigenvalue weighted by Crippen LogP contribution is -2.20. The summed E-state index contributed by atoms with van der Waals surface area (Å²) in [5.41, 5.74) is 13.7. The molecule has 2 aliphatic rings. The molecule has 12 rings (SSSR count). The van der Waals surface area contributed by atoms with Crippen molar-refractivity contribution in [2.45, 2.75) is 6.42 Å². The number of aliphatic imine (C=N–C) groups is 1. The predicted molar refractivity (Wildman–Crippen MR) is 238 cm³/mol. The zero-order valence-electron chi connectivity index (χ0n) is 31.6. The fraction of sp³-hybridized carbons (Fsp3) is 0.0392. The fourth-order valence-electron chi connectivity index (χ4n) is 8.48. The molecule has 1 aliphatic heterocycles. The molecule has 1 atom stereocenters. The van der Waals surface area contributed by atoms with Crippen molar-refractivity contribution in [3.63, 3.8) is 0 Å². The van der Waals surface area contributed by atoms with Crippen LogP contribution in [0.5, 0.6) is 0 Å². The van der Waals surface area contributed by atoms with Gasteiger partial charge in [-0.2, -0.15) is 0 Å². The molecule has 1 aliphatic carbocycles. The van der Waals surface area contributed by atoms with Gasteiger partial charge in [0.25, 0.3) is 0 Å². The van der Waals surface area contributed by atoms with Gasteiger partial charge >= 0.3 is 0 Å². The third kappa shape index (κ3) is 5.72. The molecule has 0 amide bonds. The van der Waals surface area contributed by atoms with E-state index in [1.807, 2.05) is 43.0 Å². The maximum Gasteiger partial charge on any atom is 0.164 e. The van der Waals surface area contributed by atoms with Crippen molar-refractivity contribution in [3.05, 3.63) is 176 Å². The number of aromatic nitrogens is 7. The number of fused-ring (bicyclic) bond motifs is 9. The lowest BCUT2D eigenvalue weighted by atomic mass is 9.87. The van der Waals surface area contributed by atoms with E-state index in [0.29, 0.717) is 17.5 Å². The number of allylic oxidation sites excluding steroid dienone is 2. The second-order valence-corrected chi connectivity index (χ2v) is 15.1. The minimum atomic E-state index is 0.279. The smallest absolute Gasteiger partial charge is 0.164 e. The molecule has 0 saturated carbocycles. The molecule has 5 aromatic carbocycles. The van der Waals surface area contributed by atoms with Crippen molar-refractivity contribution >= 4 is 55.4 Å². The van der Waals surface area contributed by atoms with Crippen LogP contribution in [-0.2, 0) is 0 Å². The zero-order chi connectivity index (χ0) is 38.9. The third-order valence-electron chi connectivity index (χ3n) is 11.5. The second kappa shape index (κ2) is 13.3. The Kier molecular flexibility index (Phi) is 7.49. The molecule has 8 heteroatoms. The normalized spacial score (nSPS) is 14.5. The lowest BCUT2D eigenvalue weighted by molar-refractivity contribution is 0.854. The van der Waals surface area contributed by atoms with Gasteiger partial charge < -0.3 is 4.98 Å². The molecule has 0 bridgehead atoms. The van der Waals surface area contributed by atoms with Crippen LogP contribution in [0.15, 0.2) is 169 Å². The second-order valence-electron chi connectivity index (χ2n) is 15.1. The van der Waals surface area contributed by atoms with Crippen molar-refractivity contribution in [2.24, 2.45) is 10.9 Å². The van der Waals surface area contributed by atoms with E-state index in [1.54, 1.807) is 0 Å². The number of pyridine rings is 3. The number of hydrogen-bond acceptors (Lipinski definition) is 7. The largest absolute Gasteiger partial charge is 0.355 e. The Balaban J connectivity index is 0.979. The first kappa shape index (κ1) is 33.2. The Labute approximate surface area is 338 Å². The van der Waals surface area contributed by atoms with E-state index >= 15 is 0 Å². The first-order chi connectivity index (χ1) is 29.2. The van der Waals surface area contributed by atoms with Gasteiger partial charge in [0.05, 0.1) is 22.4 Å². The van der Waals surface area contributed by atoms with E-state index in [4.69, 9.17) is 24.9 Å². The molecule has 5 aromatic heterocycles. The van der Waals surface area contributed by atoms with Gasteiger partial charge in [0.15, 0.2) is 17.5 Å². The molecule has 8 nitrogen and oxygen atoms in total. The zero-order valence-corrected chi connectivity index (χ0v) is 31.6. The molecule has 0 spiro atoms. The summed E-state index contributed by atoms with van der Waals surface area (Å²) in [7, 11) is 0. The Morgan fingerprint density at radius 3 is 2.03 bits per heavy atom. The molecule has 0 radical (unpaired) electrons. The quantitative estimate of drug-likeness (QED) is 0.175. The Hall–Kier alpha value is -7.97. The summed E-state index contributed by atoms with van der Waals surface area (Å²) < 4.78 is 0. The molecular weight excluding hydrogens is 725 g/mol. The van der Waals surface area contributed by atoms with Crippen molar-refractivity contribution in [1.29, 1.82) is 0 Å². The van der Waals surface area contributed by atoms with Crippen LogP contribution < -0.4 is 0 Å². The highest BCUT2D eigenvalue weighted by atomic mass is 15.0. The van der Waals surface area contributed by atoms with Gasteiger partial charge in [-0.25, -0.2) is 15.0 Å². The van der Waals surface area contributed by atoms with Gasteiger partial charge in [-0.1, -0.05) is 91.0 Å². The highest BCUT2D eigenvalue weighted by Crippen LogP contribution is 2.35. The highest BCUT2D eigenvalue weighted by Gasteiger charge is 2.24. The number of H-pyrrole nitrogens is 1. The molecule has 0 saturated heterocycles. The monoisotopic (exact) mass is 756 g/mol. The Bertz CT molecular complexity index is 3450. The minimum Gasteiger partial charge on any atom is -0.355 e. The van der Waals surface area contributed by atoms with Crippen LogP contribution in [0, 0.1) is 5.92 Å². The Morgan fingerprint density at radius 1 is 0.508 bits per heavy atom. The summed E-state index contributed by atoms with van der Waals surface area (Å²) in [6, 6.07) is 44.0. The molecule has 6 heterocycles. The number of nitrogens with one attached hydrogen (secondary N) is 1. The summed E-state index contributed by atoms with van der Waals surface area (Å²) in [5, 5.41) is 4.38. The maximum absolute atomic E-state index is 5.17. The molecule has 10 aromatic rings. The van der Waals surface area contributed by atoms with Crippen LogP contribution in [0.3, 0.4) is 0 Å². The summed E-state index contributed by atoms with van der Waals surface area (Å²) in [6.07, 6.45) is 15.0. The number of aromatic amines is 1. The van der Waals surface area contributed by atoms with Crippen LogP contribution in [0.25, 0.3) is 106 Å². The topological polar surface area (TPSA) is 105 Å². The van der Waals surface area contributed by atoms with E-state index in [9.17, 15) is 0 Å². The number of benzene rings is 5. The highest BCUT2D eigenvalue weighted by molar-refractivity contribution is 6.09. The van der Waals surface area contributed by atoms with Crippen molar-refractivity contribution in [2.75, 3.05) is 0 Å². The number of nitrogens with zero attached hydrogens (tertiary/aromatic N) is 7. The van der Waals surface area contributed by atoms with E-state index in [2.05, 4.69) is 142 Å². The van der Waals surface area contributed by atoms with Gasteiger partial charge in [0, 0.05) is 96.7 Å². The molecule has 0 fully saturated rings. The van der Waals surface area contributed by atoms with Crippen molar-refractivity contribution < 1.29 is 0 Å². The van der Waals surface area contributed by atoms with Gasteiger partial charge in [0.2, 0.25) is 0 Å². The molecular formula is C51H32N8. The van der Waals surface area contributed by atoms with Crippen LogP contribution in [0.4, 0.5) is 0 Å². The van der Waals surface area contributed by atoms with Crippen LogP contribution in [-0.4, -0.2) is 40.6 Å². The first-order valence-corrected chi connectivity index (χ1v) is 19.7. The van der Waals surface area contributed by atoms with Crippen molar-refractivity contribution in [3.8, 4) is 56.4 Å². The number of rotatable bonds is 5. The summed E-state index contributed by atoms with van der Waals surface area (Å²) >= 11 is 0. The minimum absolute atomic E-state index is 0.279. The van der Waals surface area contributed by atoms with Crippen LogP contribution >= 0.6 is 0 Å². The molecule has 276 valence electrons. The van der Waals surface area contributed by atoms with Gasteiger partial charge in [-0.05, 0) is 72.1 Å². The van der Waals surface area contributed by atoms with Gasteiger partial charge in [-0.15, -0.1) is 0 Å². The van der Waals surface area contributed by atoms with E-state index in [-0.39, 0.29) is 5.92 Å².